The molecule has 6 heteroatoms. The quantitative estimate of drug-likeness (QED) is 0.769. The van der Waals surface area contributed by atoms with Crippen LogP contribution in [-0.2, 0) is 20.7 Å². The molecule has 0 heterocycles. The molecular weight excluding hydrogens is 372 g/mol. The first-order chi connectivity index (χ1) is 11.4. The Kier molecular flexibility index (Phi) is 6.37. The third kappa shape index (κ3) is 5.70. The van der Waals surface area contributed by atoms with Crippen molar-refractivity contribution >= 4 is 39.2 Å². The molecule has 0 saturated heterocycles. The standard InChI is InChI=1S/C18H19BrN2O3/c1-21(2)16-9-7-15(8-10-16)20-17(22)12-24-18(23)11-13-3-5-14(19)6-4-13/h3-10H,11-12H2,1-2H3,(H,20,22). The number of carbonyl (C=O) groups is 2. The van der Waals surface area contributed by atoms with Crippen LogP contribution in [-0.4, -0.2) is 32.6 Å². The minimum absolute atomic E-state index is 0.137. The third-order valence-electron chi connectivity index (χ3n) is 3.29. The molecule has 0 spiro atoms. The number of ether oxygens (including phenoxy) is 1. The number of carbonyl (C=O) groups excluding carboxylic acids is 2. The summed E-state index contributed by atoms with van der Waals surface area (Å²) in [5.74, 6) is -0.799. The molecule has 0 unspecified atom stereocenters. The van der Waals surface area contributed by atoms with Crippen LogP contribution in [0.5, 0.6) is 0 Å². The number of anilines is 2. The molecule has 0 saturated carbocycles. The normalized spacial score (nSPS) is 10.1. The Bertz CT molecular complexity index is 697. The van der Waals surface area contributed by atoms with E-state index in [1.54, 1.807) is 12.1 Å². The van der Waals surface area contributed by atoms with Gasteiger partial charge in [0.05, 0.1) is 6.42 Å². The monoisotopic (exact) mass is 390 g/mol. The molecule has 0 aliphatic rings. The molecule has 1 N–H and O–H groups in total. The Morgan fingerprint density at radius 2 is 1.67 bits per heavy atom. The fourth-order valence-electron chi connectivity index (χ4n) is 2.01. The molecule has 2 aromatic carbocycles. The first kappa shape index (κ1) is 18.0. The second kappa shape index (κ2) is 8.49. The zero-order valence-corrected chi connectivity index (χ0v) is 15.2. The Hall–Kier alpha value is -2.34. The predicted molar refractivity (Wildman–Crippen MR) is 98.2 cm³/mol. The van der Waals surface area contributed by atoms with Crippen LogP contribution in [0.2, 0.25) is 0 Å². The predicted octanol–water partition coefficient (Wildman–Crippen LogP) is 3.24. The van der Waals surface area contributed by atoms with E-state index in [2.05, 4.69) is 21.2 Å². The van der Waals surface area contributed by atoms with Crippen molar-refractivity contribution in [1.29, 1.82) is 0 Å². The fraction of sp³-hybridized carbons (Fsp3) is 0.222. The molecule has 126 valence electrons. The number of rotatable bonds is 6. The largest absolute Gasteiger partial charge is 0.455 e. The SMILES string of the molecule is CN(C)c1ccc(NC(=O)COC(=O)Cc2ccc(Br)cc2)cc1. The number of halogens is 1. The van der Waals surface area contributed by atoms with Gasteiger partial charge in [0.25, 0.3) is 5.91 Å². The van der Waals surface area contributed by atoms with Crippen LogP contribution in [0.3, 0.4) is 0 Å². The van der Waals surface area contributed by atoms with Crippen LogP contribution < -0.4 is 10.2 Å². The molecule has 0 fully saturated rings. The Morgan fingerprint density at radius 1 is 1.04 bits per heavy atom. The van der Waals surface area contributed by atoms with Crippen molar-refractivity contribution in [3.8, 4) is 0 Å². The van der Waals surface area contributed by atoms with Gasteiger partial charge in [-0.15, -0.1) is 0 Å². The first-order valence-electron chi connectivity index (χ1n) is 7.41. The minimum atomic E-state index is -0.435. The second-order valence-electron chi connectivity index (χ2n) is 5.45. The van der Waals surface area contributed by atoms with E-state index in [1.165, 1.54) is 0 Å². The van der Waals surface area contributed by atoms with Gasteiger partial charge in [-0.2, -0.15) is 0 Å². The average molecular weight is 391 g/mol. The number of amides is 1. The molecule has 24 heavy (non-hydrogen) atoms. The lowest BCUT2D eigenvalue weighted by molar-refractivity contribution is -0.146. The molecule has 0 aliphatic heterocycles. The highest BCUT2D eigenvalue weighted by atomic mass is 79.9. The van der Waals surface area contributed by atoms with E-state index in [1.807, 2.05) is 55.4 Å². The summed E-state index contributed by atoms with van der Waals surface area (Å²) in [6.07, 6.45) is 0.137. The lowest BCUT2D eigenvalue weighted by atomic mass is 10.2. The van der Waals surface area contributed by atoms with Crippen molar-refractivity contribution in [2.45, 2.75) is 6.42 Å². The summed E-state index contributed by atoms with van der Waals surface area (Å²) in [4.78, 5) is 25.6. The van der Waals surface area contributed by atoms with E-state index >= 15 is 0 Å². The first-order valence-corrected chi connectivity index (χ1v) is 8.20. The Morgan fingerprint density at radius 3 is 2.25 bits per heavy atom. The lowest BCUT2D eigenvalue weighted by Gasteiger charge is -2.13. The molecular formula is C18H19BrN2O3. The lowest BCUT2D eigenvalue weighted by Crippen LogP contribution is -2.21. The summed E-state index contributed by atoms with van der Waals surface area (Å²) in [6.45, 7) is -0.301. The van der Waals surface area contributed by atoms with E-state index in [0.717, 1.165) is 15.7 Å². The highest BCUT2D eigenvalue weighted by molar-refractivity contribution is 9.10. The number of benzene rings is 2. The van der Waals surface area contributed by atoms with Crippen molar-refractivity contribution in [1.82, 2.24) is 0 Å². The number of nitrogens with zero attached hydrogens (tertiary/aromatic N) is 1. The Balaban J connectivity index is 1.77. The van der Waals surface area contributed by atoms with Crippen molar-refractivity contribution in [3.63, 3.8) is 0 Å². The van der Waals surface area contributed by atoms with Crippen LogP contribution in [0, 0.1) is 0 Å². The summed E-state index contributed by atoms with van der Waals surface area (Å²) in [7, 11) is 3.89. The van der Waals surface area contributed by atoms with E-state index in [9.17, 15) is 9.59 Å². The van der Waals surface area contributed by atoms with E-state index in [0.29, 0.717) is 5.69 Å². The third-order valence-corrected chi connectivity index (χ3v) is 3.82. The van der Waals surface area contributed by atoms with Crippen LogP contribution in [0.25, 0.3) is 0 Å². The summed E-state index contributed by atoms with van der Waals surface area (Å²) in [5.41, 5.74) is 2.53. The van der Waals surface area contributed by atoms with Gasteiger partial charge in [-0.1, -0.05) is 28.1 Å². The molecule has 2 aromatic rings. The summed E-state index contributed by atoms with van der Waals surface area (Å²) >= 11 is 3.33. The number of nitrogens with one attached hydrogen (secondary N) is 1. The van der Waals surface area contributed by atoms with Crippen molar-refractivity contribution in [3.05, 3.63) is 58.6 Å². The van der Waals surface area contributed by atoms with Crippen molar-refractivity contribution < 1.29 is 14.3 Å². The summed E-state index contributed by atoms with van der Waals surface area (Å²) < 4.78 is 5.95. The molecule has 5 nitrogen and oxygen atoms in total. The van der Waals surface area contributed by atoms with Gasteiger partial charge < -0.3 is 15.0 Å². The second-order valence-corrected chi connectivity index (χ2v) is 6.37. The van der Waals surface area contributed by atoms with Crippen LogP contribution in [0.4, 0.5) is 11.4 Å². The zero-order valence-electron chi connectivity index (χ0n) is 13.6. The molecule has 2 rings (SSSR count). The van der Waals surface area contributed by atoms with E-state index in [-0.39, 0.29) is 18.9 Å². The van der Waals surface area contributed by atoms with Crippen LogP contribution >= 0.6 is 15.9 Å². The fourth-order valence-corrected chi connectivity index (χ4v) is 2.27. The van der Waals surface area contributed by atoms with Gasteiger partial charge in [0, 0.05) is 29.9 Å². The number of hydrogen-bond acceptors (Lipinski definition) is 4. The number of hydrogen-bond donors (Lipinski definition) is 1. The molecule has 0 aromatic heterocycles. The average Bonchev–Trinajstić information content (AvgIpc) is 2.55. The molecule has 1 amide bonds. The number of esters is 1. The van der Waals surface area contributed by atoms with Crippen molar-refractivity contribution in [2.24, 2.45) is 0 Å². The smallest absolute Gasteiger partial charge is 0.310 e. The van der Waals surface area contributed by atoms with Gasteiger partial charge >= 0.3 is 5.97 Å². The van der Waals surface area contributed by atoms with Gasteiger partial charge in [0.1, 0.15) is 0 Å². The summed E-state index contributed by atoms with van der Waals surface area (Å²) in [5, 5.41) is 2.69. The minimum Gasteiger partial charge on any atom is -0.455 e. The van der Waals surface area contributed by atoms with Gasteiger partial charge in [-0.3, -0.25) is 9.59 Å². The maximum Gasteiger partial charge on any atom is 0.310 e. The van der Waals surface area contributed by atoms with Gasteiger partial charge in [-0.05, 0) is 42.0 Å². The van der Waals surface area contributed by atoms with Crippen molar-refractivity contribution in [2.75, 3.05) is 30.9 Å². The molecule has 0 radical (unpaired) electrons. The van der Waals surface area contributed by atoms with E-state index in [4.69, 9.17) is 4.74 Å². The Labute approximate surface area is 149 Å². The zero-order chi connectivity index (χ0) is 17.5. The summed E-state index contributed by atoms with van der Waals surface area (Å²) in [6, 6.07) is 14.8. The van der Waals surface area contributed by atoms with Gasteiger partial charge in [0.2, 0.25) is 0 Å². The highest BCUT2D eigenvalue weighted by Crippen LogP contribution is 2.15. The topological polar surface area (TPSA) is 58.6 Å². The maximum atomic E-state index is 11.8. The molecule has 0 bridgehead atoms. The van der Waals surface area contributed by atoms with Crippen LogP contribution in [0.15, 0.2) is 53.0 Å². The molecule has 0 aliphatic carbocycles. The van der Waals surface area contributed by atoms with Gasteiger partial charge in [0.15, 0.2) is 6.61 Å². The maximum absolute atomic E-state index is 11.8. The highest BCUT2D eigenvalue weighted by Gasteiger charge is 2.09. The van der Waals surface area contributed by atoms with Crippen LogP contribution in [0.1, 0.15) is 5.56 Å². The van der Waals surface area contributed by atoms with Gasteiger partial charge in [-0.25, -0.2) is 0 Å². The molecule has 0 atom stereocenters. The van der Waals surface area contributed by atoms with E-state index < -0.39 is 5.97 Å².